The van der Waals surface area contributed by atoms with Gasteiger partial charge in [0.05, 0.1) is 0 Å². The van der Waals surface area contributed by atoms with Gasteiger partial charge < -0.3 is 0 Å². The van der Waals surface area contributed by atoms with E-state index in [0.717, 1.165) is 11.3 Å². The maximum atomic E-state index is 2.72. The van der Waals surface area contributed by atoms with Crippen LogP contribution in [0.25, 0.3) is 0 Å². The van der Waals surface area contributed by atoms with Crippen LogP contribution >= 0.6 is 19.3 Å². The number of aryl methyl sites for hydroxylation is 2. The molecule has 0 aliphatic heterocycles. The molecule has 2 heteroatoms. The van der Waals surface area contributed by atoms with Crippen LogP contribution in [0.15, 0.2) is 6.07 Å². The molecule has 0 radical (unpaired) electrons. The number of hydrogen-bond acceptors (Lipinski definition) is 1. The van der Waals surface area contributed by atoms with Crippen LogP contribution in [0.5, 0.6) is 0 Å². The average Bonchev–Trinajstić information content (AvgIpc) is 3.34. The zero-order chi connectivity index (χ0) is 16.8. The van der Waals surface area contributed by atoms with Gasteiger partial charge in [0.1, 0.15) is 0 Å². The monoisotopic (exact) mass is 364 g/mol. The Morgan fingerprint density at radius 3 is 1.96 bits per heavy atom. The molecule has 0 spiro atoms. The Morgan fingerprint density at radius 2 is 1.42 bits per heavy atom. The maximum Gasteiger partial charge on any atom is 0.0125 e. The fraction of sp³-hybridized carbons (Fsp3) is 0.818. The minimum atomic E-state index is 0.121. The predicted octanol–water partition coefficient (Wildman–Crippen LogP) is 7.43. The first-order valence-electron chi connectivity index (χ1n) is 10.7. The molecule has 0 atom stereocenters. The van der Waals surface area contributed by atoms with Gasteiger partial charge in [-0.3, -0.25) is 0 Å². The minimum Gasteiger partial charge on any atom is -0.145 e. The summed E-state index contributed by atoms with van der Waals surface area (Å²) in [5.74, 6) is 0. The van der Waals surface area contributed by atoms with Crippen LogP contribution in [0.4, 0.5) is 0 Å². The molecule has 136 valence electrons. The first-order valence-corrected chi connectivity index (χ1v) is 13.0. The zero-order valence-electron chi connectivity index (χ0n) is 16.0. The summed E-state index contributed by atoms with van der Waals surface area (Å²) in [6.07, 6.45) is 20.3. The van der Waals surface area contributed by atoms with Crippen molar-refractivity contribution in [1.82, 2.24) is 0 Å². The van der Waals surface area contributed by atoms with Crippen LogP contribution in [0.1, 0.15) is 101 Å². The van der Waals surface area contributed by atoms with Crippen molar-refractivity contribution < 1.29 is 0 Å². The van der Waals surface area contributed by atoms with Crippen molar-refractivity contribution in [2.45, 2.75) is 115 Å². The van der Waals surface area contributed by atoms with E-state index in [1.165, 1.54) is 89.9 Å². The normalized spacial score (nSPS) is 19.8. The van der Waals surface area contributed by atoms with Gasteiger partial charge in [-0.1, -0.05) is 60.3 Å². The van der Waals surface area contributed by atoms with Crippen molar-refractivity contribution in [1.29, 1.82) is 0 Å². The summed E-state index contributed by atoms with van der Waals surface area (Å²) < 4.78 is 0. The molecular formula is C22H37PS. The van der Waals surface area contributed by atoms with Crippen molar-refractivity contribution >= 4 is 24.6 Å². The lowest BCUT2D eigenvalue weighted by Gasteiger charge is -2.30. The first-order chi connectivity index (χ1) is 11.8. The summed E-state index contributed by atoms with van der Waals surface area (Å²) >= 11 is 2.20. The van der Waals surface area contributed by atoms with Crippen LogP contribution in [0.3, 0.4) is 0 Å². The van der Waals surface area contributed by atoms with Crippen LogP contribution in [-0.4, -0.2) is 11.3 Å². The topological polar surface area (TPSA) is 0 Å². The lowest BCUT2D eigenvalue weighted by Crippen LogP contribution is -2.20. The van der Waals surface area contributed by atoms with Gasteiger partial charge in [0.2, 0.25) is 0 Å². The van der Waals surface area contributed by atoms with E-state index in [2.05, 4.69) is 31.3 Å². The standard InChI is InChI=1S/C22H37PS/c1-3-5-15-20-17-21(22(24-20)16-6-4-2)23(18-11-7-8-12-18)19-13-9-10-14-19/h17-19H,3-16H2,1-2H3. The number of hydrogen-bond donors (Lipinski definition) is 0. The van der Waals surface area contributed by atoms with E-state index in [1.807, 2.05) is 10.2 Å². The molecule has 1 aromatic heterocycles. The van der Waals surface area contributed by atoms with Crippen molar-refractivity contribution in [3.05, 3.63) is 15.8 Å². The van der Waals surface area contributed by atoms with E-state index in [1.54, 1.807) is 4.88 Å². The first kappa shape index (κ1) is 18.9. The summed E-state index contributed by atoms with van der Waals surface area (Å²) in [4.78, 5) is 3.52. The summed E-state index contributed by atoms with van der Waals surface area (Å²) in [5, 5.41) is 1.90. The largest absolute Gasteiger partial charge is 0.145 e. The van der Waals surface area contributed by atoms with Crippen LogP contribution < -0.4 is 5.30 Å². The molecule has 0 unspecified atom stereocenters. The second kappa shape index (κ2) is 9.72. The predicted molar refractivity (Wildman–Crippen MR) is 113 cm³/mol. The third kappa shape index (κ3) is 4.64. The van der Waals surface area contributed by atoms with Crippen LogP contribution in [-0.2, 0) is 12.8 Å². The molecular weight excluding hydrogens is 327 g/mol. The smallest absolute Gasteiger partial charge is 0.0125 e. The summed E-state index contributed by atoms with van der Waals surface area (Å²) in [5.41, 5.74) is 2.13. The molecule has 2 fully saturated rings. The molecule has 1 aromatic rings. The SMILES string of the molecule is CCCCc1cc(P(C2CCCC2)C2CCCC2)c(CCCC)s1. The third-order valence-corrected chi connectivity index (χ3v) is 11.1. The molecule has 0 N–H and O–H groups in total. The van der Waals surface area contributed by atoms with Crippen molar-refractivity contribution in [3.8, 4) is 0 Å². The molecule has 2 saturated carbocycles. The van der Waals surface area contributed by atoms with Gasteiger partial charge in [0, 0.05) is 9.75 Å². The Kier molecular flexibility index (Phi) is 7.66. The fourth-order valence-corrected chi connectivity index (χ4v) is 10.4. The molecule has 24 heavy (non-hydrogen) atoms. The highest BCUT2D eigenvalue weighted by atomic mass is 32.1. The Bertz CT molecular complexity index is 464. The number of rotatable bonds is 9. The Labute approximate surface area is 155 Å². The number of unbranched alkanes of at least 4 members (excludes halogenated alkanes) is 2. The van der Waals surface area contributed by atoms with Gasteiger partial charge in [0.15, 0.2) is 0 Å². The van der Waals surface area contributed by atoms with Gasteiger partial charge in [-0.2, -0.15) is 0 Å². The molecule has 2 aliphatic carbocycles. The van der Waals surface area contributed by atoms with Crippen molar-refractivity contribution in [2.24, 2.45) is 0 Å². The summed E-state index contributed by atoms with van der Waals surface area (Å²) in [6, 6.07) is 2.72. The zero-order valence-corrected chi connectivity index (χ0v) is 17.7. The van der Waals surface area contributed by atoms with Crippen LogP contribution in [0.2, 0.25) is 0 Å². The Balaban J connectivity index is 1.86. The molecule has 0 bridgehead atoms. The molecule has 1 heterocycles. The second-order valence-corrected chi connectivity index (χ2v) is 12.0. The lowest BCUT2D eigenvalue weighted by molar-refractivity contribution is 0.803. The average molecular weight is 365 g/mol. The molecule has 3 rings (SSSR count). The Hall–Kier alpha value is 0.130. The van der Waals surface area contributed by atoms with Gasteiger partial charge in [-0.15, -0.1) is 11.3 Å². The van der Waals surface area contributed by atoms with E-state index in [0.29, 0.717) is 0 Å². The van der Waals surface area contributed by atoms with E-state index in [9.17, 15) is 0 Å². The lowest BCUT2D eigenvalue weighted by atomic mass is 10.2. The molecule has 0 nitrogen and oxygen atoms in total. The molecule has 2 aliphatic rings. The highest BCUT2D eigenvalue weighted by Gasteiger charge is 2.35. The molecule has 0 amide bonds. The van der Waals surface area contributed by atoms with E-state index in [-0.39, 0.29) is 7.92 Å². The molecule has 0 aromatic carbocycles. The fourth-order valence-electron chi connectivity index (χ4n) is 4.74. The minimum absolute atomic E-state index is 0.121. The quantitative estimate of drug-likeness (QED) is 0.400. The molecule has 0 saturated heterocycles. The third-order valence-electron chi connectivity index (χ3n) is 6.09. The highest BCUT2D eigenvalue weighted by Crippen LogP contribution is 2.57. The maximum absolute atomic E-state index is 2.72. The van der Waals surface area contributed by atoms with Crippen molar-refractivity contribution in [2.75, 3.05) is 0 Å². The summed E-state index contributed by atoms with van der Waals surface area (Å²) in [6.45, 7) is 4.68. The summed E-state index contributed by atoms with van der Waals surface area (Å²) in [7, 11) is 0.121. The van der Waals surface area contributed by atoms with Gasteiger partial charge >= 0.3 is 0 Å². The highest BCUT2D eigenvalue weighted by molar-refractivity contribution is 7.67. The van der Waals surface area contributed by atoms with Crippen LogP contribution in [0, 0.1) is 0 Å². The number of thiophene rings is 1. The van der Waals surface area contributed by atoms with E-state index in [4.69, 9.17) is 0 Å². The van der Waals surface area contributed by atoms with Gasteiger partial charge in [-0.25, -0.2) is 0 Å². The van der Waals surface area contributed by atoms with Gasteiger partial charge in [-0.05, 0) is 74.1 Å². The van der Waals surface area contributed by atoms with Gasteiger partial charge in [0.25, 0.3) is 0 Å². The van der Waals surface area contributed by atoms with E-state index >= 15 is 0 Å². The second-order valence-electron chi connectivity index (χ2n) is 8.01. The van der Waals surface area contributed by atoms with E-state index < -0.39 is 0 Å². The Morgan fingerprint density at radius 1 is 0.875 bits per heavy atom. The van der Waals surface area contributed by atoms with Crippen molar-refractivity contribution in [3.63, 3.8) is 0 Å².